The van der Waals surface area contributed by atoms with E-state index in [0.29, 0.717) is 23.1 Å². The van der Waals surface area contributed by atoms with Gasteiger partial charge in [0.05, 0.1) is 17.2 Å². The van der Waals surface area contributed by atoms with Gasteiger partial charge in [0.25, 0.3) is 5.91 Å². The first-order valence-corrected chi connectivity index (χ1v) is 9.49. The van der Waals surface area contributed by atoms with Crippen LogP contribution in [0.25, 0.3) is 11.0 Å². The first kappa shape index (κ1) is 17.3. The maximum Gasteiger partial charge on any atom is 0.256 e. The molecule has 1 spiro atoms. The number of nitrogens with zero attached hydrogens (tertiary/aromatic N) is 3. The molecule has 0 bridgehead atoms. The molecule has 1 aliphatic heterocycles. The Morgan fingerprint density at radius 2 is 1.89 bits per heavy atom. The number of carbonyl (C=O) groups excluding carboxylic acids is 1. The number of aromatic nitrogens is 2. The first-order chi connectivity index (χ1) is 13.7. The zero-order valence-electron chi connectivity index (χ0n) is 15.3. The van der Waals surface area contributed by atoms with Gasteiger partial charge < -0.3 is 15.1 Å². The zero-order valence-corrected chi connectivity index (χ0v) is 15.3. The maximum atomic E-state index is 13.2. The second-order valence-electron chi connectivity index (χ2n) is 7.72. The second kappa shape index (κ2) is 6.36. The van der Waals surface area contributed by atoms with Crippen molar-refractivity contribution < 1.29 is 15.0 Å². The highest BCUT2D eigenvalue weighted by Gasteiger charge is 2.71. The fourth-order valence-corrected chi connectivity index (χ4v) is 5.06. The molecule has 6 nitrogen and oxygen atoms in total. The molecule has 0 unspecified atom stereocenters. The van der Waals surface area contributed by atoms with Crippen LogP contribution in [0.1, 0.15) is 21.8 Å². The van der Waals surface area contributed by atoms with Gasteiger partial charge in [-0.3, -0.25) is 14.8 Å². The molecule has 1 saturated heterocycles. The topological polar surface area (TPSA) is 86.6 Å². The molecule has 6 heteroatoms. The van der Waals surface area contributed by atoms with E-state index in [0.717, 1.165) is 5.56 Å². The van der Waals surface area contributed by atoms with Gasteiger partial charge >= 0.3 is 0 Å². The van der Waals surface area contributed by atoms with Gasteiger partial charge in [0.2, 0.25) is 0 Å². The van der Waals surface area contributed by atoms with Gasteiger partial charge in [0, 0.05) is 37.5 Å². The van der Waals surface area contributed by atoms with Crippen LogP contribution in [0.2, 0.25) is 0 Å². The fourth-order valence-electron chi connectivity index (χ4n) is 5.06. The summed E-state index contributed by atoms with van der Waals surface area (Å²) in [6.45, 7) is 0.683. The minimum Gasteiger partial charge on any atom is -0.396 e. The zero-order chi connectivity index (χ0) is 19.3. The van der Waals surface area contributed by atoms with Crippen LogP contribution in [-0.4, -0.2) is 56.8 Å². The standard InChI is InChI=1S/C22H21N3O3/c26-12-16-19(14-5-2-1-3-6-14)22(16)13-25(11-18(22)27)21(28)15-7-4-8-17-20(15)24-10-9-23-17/h1-10,16,18-19,26-27H,11-13H2/t16-,18-,19-,22-/m1/s1. The number of para-hydroxylation sites is 1. The number of likely N-dealkylation sites (tertiary alicyclic amines) is 1. The molecule has 1 aliphatic carbocycles. The van der Waals surface area contributed by atoms with Crippen molar-refractivity contribution in [3.8, 4) is 0 Å². The summed E-state index contributed by atoms with van der Waals surface area (Å²) >= 11 is 0. The van der Waals surface area contributed by atoms with E-state index in [2.05, 4.69) is 9.97 Å². The van der Waals surface area contributed by atoms with Gasteiger partial charge in [0.15, 0.2) is 0 Å². The predicted octanol–water partition coefficient (Wildman–Crippen LogP) is 1.84. The first-order valence-electron chi connectivity index (χ1n) is 9.49. The molecule has 2 aromatic carbocycles. The molecule has 4 atom stereocenters. The van der Waals surface area contributed by atoms with Crippen molar-refractivity contribution in [1.29, 1.82) is 0 Å². The Morgan fingerprint density at radius 3 is 2.68 bits per heavy atom. The third-order valence-electron chi connectivity index (χ3n) is 6.41. The molecular formula is C22H21N3O3. The molecule has 2 fully saturated rings. The van der Waals surface area contributed by atoms with Crippen molar-refractivity contribution in [2.75, 3.05) is 19.7 Å². The molecule has 3 aromatic rings. The molecule has 0 radical (unpaired) electrons. The molecular weight excluding hydrogens is 354 g/mol. The summed E-state index contributed by atoms with van der Waals surface area (Å²) in [4.78, 5) is 23.5. The summed E-state index contributed by atoms with van der Waals surface area (Å²) in [7, 11) is 0. The number of hydrogen-bond acceptors (Lipinski definition) is 5. The third-order valence-corrected chi connectivity index (χ3v) is 6.41. The molecule has 1 amide bonds. The van der Waals surface area contributed by atoms with Gasteiger partial charge in [-0.1, -0.05) is 36.4 Å². The van der Waals surface area contributed by atoms with Crippen LogP contribution in [0.5, 0.6) is 0 Å². The lowest BCUT2D eigenvalue weighted by molar-refractivity contribution is 0.0765. The van der Waals surface area contributed by atoms with Crippen molar-refractivity contribution in [3.63, 3.8) is 0 Å². The molecule has 1 saturated carbocycles. The second-order valence-corrected chi connectivity index (χ2v) is 7.72. The van der Waals surface area contributed by atoms with E-state index >= 15 is 0 Å². The van der Waals surface area contributed by atoms with Crippen LogP contribution < -0.4 is 0 Å². The summed E-state index contributed by atoms with van der Waals surface area (Å²) in [5.74, 6) is -0.147. The fraction of sp³-hybridized carbons (Fsp3) is 0.318. The van der Waals surface area contributed by atoms with Crippen molar-refractivity contribution in [1.82, 2.24) is 14.9 Å². The number of aliphatic hydroxyl groups excluding tert-OH is 2. The Morgan fingerprint density at radius 1 is 1.11 bits per heavy atom. The summed E-state index contributed by atoms with van der Waals surface area (Å²) in [6, 6.07) is 15.3. The van der Waals surface area contributed by atoms with Crippen molar-refractivity contribution >= 4 is 16.9 Å². The number of carbonyl (C=O) groups is 1. The molecule has 2 N–H and O–H groups in total. The lowest BCUT2D eigenvalue weighted by Gasteiger charge is -2.17. The summed E-state index contributed by atoms with van der Waals surface area (Å²) in [6.07, 6.45) is 2.51. The van der Waals surface area contributed by atoms with E-state index < -0.39 is 11.5 Å². The lowest BCUT2D eigenvalue weighted by atomic mass is 9.95. The number of benzene rings is 2. The lowest BCUT2D eigenvalue weighted by Crippen LogP contribution is -2.30. The van der Waals surface area contributed by atoms with Crippen LogP contribution in [0, 0.1) is 11.3 Å². The van der Waals surface area contributed by atoms with Crippen LogP contribution in [0.3, 0.4) is 0 Å². The summed E-state index contributed by atoms with van der Waals surface area (Å²) in [5.41, 5.74) is 2.35. The number of rotatable bonds is 3. The van der Waals surface area contributed by atoms with E-state index in [1.165, 1.54) is 0 Å². The molecule has 28 heavy (non-hydrogen) atoms. The van der Waals surface area contributed by atoms with E-state index in [9.17, 15) is 15.0 Å². The number of aliphatic hydroxyl groups is 2. The quantitative estimate of drug-likeness (QED) is 0.730. The van der Waals surface area contributed by atoms with Crippen molar-refractivity contribution in [3.05, 3.63) is 72.1 Å². The number of hydrogen-bond donors (Lipinski definition) is 2. The average Bonchev–Trinajstić information content (AvgIpc) is 3.28. The highest BCUT2D eigenvalue weighted by atomic mass is 16.3. The van der Waals surface area contributed by atoms with Crippen molar-refractivity contribution in [2.24, 2.45) is 11.3 Å². The highest BCUT2D eigenvalue weighted by Crippen LogP contribution is 2.68. The Bertz CT molecular complexity index is 1040. The Hall–Kier alpha value is -2.83. The third kappa shape index (κ3) is 2.38. The normalized spacial score (nSPS) is 28.8. The van der Waals surface area contributed by atoms with Gasteiger partial charge in [-0.15, -0.1) is 0 Å². The van der Waals surface area contributed by atoms with E-state index in [1.807, 2.05) is 36.4 Å². The number of β-amino-alcohol motifs (C(OH)–C–C–N with tert-alkyl or cyclic N) is 1. The molecule has 1 aromatic heterocycles. The van der Waals surface area contributed by atoms with Gasteiger partial charge in [-0.25, -0.2) is 0 Å². The van der Waals surface area contributed by atoms with Crippen LogP contribution in [-0.2, 0) is 0 Å². The Labute approximate surface area is 162 Å². The van der Waals surface area contributed by atoms with Gasteiger partial charge in [-0.2, -0.15) is 0 Å². The van der Waals surface area contributed by atoms with Crippen LogP contribution in [0.15, 0.2) is 60.9 Å². The molecule has 2 aliphatic rings. The van der Waals surface area contributed by atoms with E-state index in [1.54, 1.807) is 29.4 Å². The molecule has 5 rings (SSSR count). The largest absolute Gasteiger partial charge is 0.396 e. The summed E-state index contributed by atoms with van der Waals surface area (Å²) in [5, 5.41) is 20.8. The number of fused-ring (bicyclic) bond motifs is 1. The van der Waals surface area contributed by atoms with Crippen LogP contribution in [0.4, 0.5) is 0 Å². The smallest absolute Gasteiger partial charge is 0.256 e. The average molecular weight is 375 g/mol. The maximum absolute atomic E-state index is 13.2. The Balaban J connectivity index is 1.47. The minimum atomic E-state index is -0.667. The van der Waals surface area contributed by atoms with Gasteiger partial charge in [-0.05, 0) is 29.5 Å². The highest BCUT2D eigenvalue weighted by molar-refractivity contribution is 6.04. The number of amides is 1. The monoisotopic (exact) mass is 375 g/mol. The van der Waals surface area contributed by atoms with Crippen molar-refractivity contribution in [2.45, 2.75) is 12.0 Å². The van der Waals surface area contributed by atoms with E-state index in [-0.39, 0.29) is 30.9 Å². The SMILES string of the molecule is O=C(c1cccc2nccnc12)N1C[C@@H](O)[C@@]2(C1)[C@H](CO)[C@H]2c1ccccc1. The van der Waals surface area contributed by atoms with Crippen LogP contribution >= 0.6 is 0 Å². The molecule has 142 valence electrons. The Kier molecular flexibility index (Phi) is 3.92. The molecule has 2 heterocycles. The minimum absolute atomic E-state index is 0.00159. The predicted molar refractivity (Wildman–Crippen MR) is 104 cm³/mol. The van der Waals surface area contributed by atoms with Gasteiger partial charge in [0.1, 0.15) is 5.52 Å². The summed E-state index contributed by atoms with van der Waals surface area (Å²) < 4.78 is 0. The van der Waals surface area contributed by atoms with E-state index in [4.69, 9.17) is 0 Å².